The van der Waals surface area contributed by atoms with Crippen LogP contribution in [0.3, 0.4) is 0 Å². The molecular formula is C14H20N4. The average Bonchev–Trinajstić information content (AvgIpc) is 2.85. The van der Waals surface area contributed by atoms with Crippen LogP contribution in [0.15, 0.2) is 37.1 Å². The zero-order valence-electron chi connectivity index (χ0n) is 11.0. The van der Waals surface area contributed by atoms with E-state index in [-0.39, 0.29) is 0 Å². The summed E-state index contributed by atoms with van der Waals surface area (Å²) in [5.41, 5.74) is 2.44. The summed E-state index contributed by atoms with van der Waals surface area (Å²) < 4.78 is 2.20. The fourth-order valence-corrected chi connectivity index (χ4v) is 1.95. The Kier molecular flexibility index (Phi) is 4.47. The van der Waals surface area contributed by atoms with E-state index in [2.05, 4.69) is 39.8 Å². The van der Waals surface area contributed by atoms with E-state index < -0.39 is 0 Å². The molecule has 2 aromatic heterocycles. The lowest BCUT2D eigenvalue weighted by molar-refractivity contribution is 0.540. The summed E-state index contributed by atoms with van der Waals surface area (Å²) in [4.78, 5) is 8.34. The number of hydrogen-bond acceptors (Lipinski definition) is 3. The summed E-state index contributed by atoms with van der Waals surface area (Å²) in [5.74, 6) is 0. The molecule has 0 aliphatic rings. The average molecular weight is 244 g/mol. The van der Waals surface area contributed by atoms with Crippen LogP contribution < -0.4 is 5.32 Å². The van der Waals surface area contributed by atoms with Crippen molar-refractivity contribution >= 4 is 0 Å². The van der Waals surface area contributed by atoms with Crippen molar-refractivity contribution in [3.63, 3.8) is 0 Å². The van der Waals surface area contributed by atoms with Crippen LogP contribution in [-0.2, 0) is 13.1 Å². The monoisotopic (exact) mass is 244 g/mol. The summed E-state index contributed by atoms with van der Waals surface area (Å²) >= 11 is 0. The van der Waals surface area contributed by atoms with Crippen molar-refractivity contribution in [1.29, 1.82) is 0 Å². The Labute approximate surface area is 108 Å². The van der Waals surface area contributed by atoms with Crippen molar-refractivity contribution in [3.8, 4) is 0 Å². The number of nitrogens with one attached hydrogen (secondary N) is 1. The van der Waals surface area contributed by atoms with Crippen molar-refractivity contribution in [3.05, 3.63) is 48.3 Å². The number of nitrogens with zero attached hydrogens (tertiary/aromatic N) is 3. The van der Waals surface area contributed by atoms with Gasteiger partial charge in [0, 0.05) is 37.7 Å². The van der Waals surface area contributed by atoms with Crippen LogP contribution in [-0.4, -0.2) is 14.5 Å². The van der Waals surface area contributed by atoms with Gasteiger partial charge >= 0.3 is 0 Å². The summed E-state index contributed by atoms with van der Waals surface area (Å²) in [6.45, 7) is 6.18. The lowest BCUT2D eigenvalue weighted by Crippen LogP contribution is -2.20. The molecule has 0 saturated carbocycles. The Hall–Kier alpha value is -1.68. The van der Waals surface area contributed by atoms with Crippen molar-refractivity contribution in [2.45, 2.75) is 39.4 Å². The molecule has 0 fully saturated rings. The molecule has 96 valence electrons. The maximum atomic E-state index is 4.20. The molecule has 0 bridgehead atoms. The molecule has 4 heteroatoms. The minimum Gasteiger partial charge on any atom is -0.333 e. The largest absolute Gasteiger partial charge is 0.333 e. The van der Waals surface area contributed by atoms with Crippen molar-refractivity contribution in [2.75, 3.05) is 0 Å². The second-order valence-corrected chi connectivity index (χ2v) is 4.47. The maximum Gasteiger partial charge on any atom is 0.0948 e. The highest BCUT2D eigenvalue weighted by Gasteiger charge is 2.06. The topological polar surface area (TPSA) is 42.7 Å². The van der Waals surface area contributed by atoms with E-state index >= 15 is 0 Å². The van der Waals surface area contributed by atoms with E-state index in [1.807, 2.05) is 24.8 Å². The van der Waals surface area contributed by atoms with Gasteiger partial charge in [-0.3, -0.25) is 4.98 Å². The van der Waals surface area contributed by atoms with Crippen LogP contribution in [0, 0.1) is 0 Å². The fourth-order valence-electron chi connectivity index (χ4n) is 1.95. The molecule has 2 aromatic rings. The first kappa shape index (κ1) is 12.8. The van der Waals surface area contributed by atoms with Gasteiger partial charge in [0.25, 0.3) is 0 Å². The highest BCUT2D eigenvalue weighted by molar-refractivity contribution is 5.13. The molecule has 0 unspecified atom stereocenters. The Morgan fingerprint density at radius 1 is 1.33 bits per heavy atom. The minimum absolute atomic E-state index is 0.295. The number of aromatic nitrogens is 3. The van der Waals surface area contributed by atoms with Gasteiger partial charge in [0.2, 0.25) is 0 Å². The molecule has 0 aromatic carbocycles. The molecule has 2 rings (SSSR count). The highest BCUT2D eigenvalue weighted by atomic mass is 15.1. The van der Waals surface area contributed by atoms with E-state index in [9.17, 15) is 0 Å². The fraction of sp³-hybridized carbons (Fsp3) is 0.429. The molecule has 0 amide bonds. The predicted molar refractivity (Wildman–Crippen MR) is 72.0 cm³/mol. The third-order valence-corrected chi connectivity index (χ3v) is 3.04. The lowest BCUT2D eigenvalue weighted by atomic mass is 10.1. The van der Waals surface area contributed by atoms with Crippen LogP contribution in [0.4, 0.5) is 0 Å². The standard InChI is InChI=1S/C14H20N4/c1-3-7-18-11-16-9-14(18)10-17-12(2)13-5-4-6-15-8-13/h4-6,8-9,11-12,17H,3,7,10H2,1-2H3/t12-/m1/s1. The molecule has 1 N–H and O–H groups in total. The zero-order chi connectivity index (χ0) is 12.8. The number of pyridine rings is 1. The molecule has 0 aliphatic heterocycles. The first-order valence-electron chi connectivity index (χ1n) is 6.43. The van der Waals surface area contributed by atoms with E-state index in [4.69, 9.17) is 0 Å². The zero-order valence-corrected chi connectivity index (χ0v) is 11.0. The van der Waals surface area contributed by atoms with Crippen molar-refractivity contribution in [2.24, 2.45) is 0 Å². The molecule has 0 spiro atoms. The maximum absolute atomic E-state index is 4.20. The Bertz CT molecular complexity index is 464. The Balaban J connectivity index is 1.93. The molecule has 0 radical (unpaired) electrons. The number of hydrogen-bond donors (Lipinski definition) is 1. The molecule has 0 saturated heterocycles. The first-order valence-corrected chi connectivity index (χ1v) is 6.43. The minimum atomic E-state index is 0.295. The van der Waals surface area contributed by atoms with E-state index in [1.54, 1.807) is 6.20 Å². The van der Waals surface area contributed by atoms with Gasteiger partial charge in [-0.15, -0.1) is 0 Å². The normalized spacial score (nSPS) is 12.6. The summed E-state index contributed by atoms with van der Waals surface area (Å²) in [7, 11) is 0. The third kappa shape index (κ3) is 3.17. The molecule has 1 atom stereocenters. The Morgan fingerprint density at radius 3 is 2.94 bits per heavy atom. The van der Waals surface area contributed by atoms with Crippen LogP contribution in [0.1, 0.15) is 37.6 Å². The summed E-state index contributed by atoms with van der Waals surface area (Å²) in [6, 6.07) is 4.35. The summed E-state index contributed by atoms with van der Waals surface area (Å²) in [5, 5.41) is 3.50. The lowest BCUT2D eigenvalue weighted by Gasteiger charge is -2.14. The molecular weight excluding hydrogens is 224 g/mol. The number of imidazole rings is 1. The van der Waals surface area contributed by atoms with Crippen molar-refractivity contribution < 1.29 is 0 Å². The van der Waals surface area contributed by atoms with Gasteiger partial charge in [0.05, 0.1) is 12.0 Å². The van der Waals surface area contributed by atoms with Crippen molar-refractivity contribution in [1.82, 2.24) is 19.9 Å². The van der Waals surface area contributed by atoms with Crippen LogP contribution in [0.25, 0.3) is 0 Å². The number of rotatable bonds is 6. The second kappa shape index (κ2) is 6.31. The van der Waals surface area contributed by atoms with Crippen LogP contribution in [0.2, 0.25) is 0 Å². The number of aryl methyl sites for hydroxylation is 1. The SMILES string of the molecule is CCCn1cncc1CN[C@H](C)c1cccnc1. The van der Waals surface area contributed by atoms with Gasteiger partial charge < -0.3 is 9.88 Å². The van der Waals surface area contributed by atoms with Crippen LogP contribution in [0.5, 0.6) is 0 Å². The quantitative estimate of drug-likeness (QED) is 0.849. The van der Waals surface area contributed by atoms with E-state index in [0.29, 0.717) is 6.04 Å². The van der Waals surface area contributed by atoms with E-state index in [0.717, 1.165) is 19.5 Å². The highest BCUT2D eigenvalue weighted by Crippen LogP contribution is 2.11. The van der Waals surface area contributed by atoms with Gasteiger partial charge in [-0.25, -0.2) is 4.98 Å². The van der Waals surface area contributed by atoms with Gasteiger partial charge in [0.15, 0.2) is 0 Å². The molecule has 0 aliphatic carbocycles. The molecule has 4 nitrogen and oxygen atoms in total. The van der Waals surface area contributed by atoms with Gasteiger partial charge in [0.1, 0.15) is 0 Å². The molecule has 18 heavy (non-hydrogen) atoms. The third-order valence-electron chi connectivity index (χ3n) is 3.04. The predicted octanol–water partition coefficient (Wildman–Crippen LogP) is 2.54. The smallest absolute Gasteiger partial charge is 0.0948 e. The molecule has 2 heterocycles. The van der Waals surface area contributed by atoms with Gasteiger partial charge in [-0.05, 0) is 25.0 Å². The Morgan fingerprint density at radius 2 is 2.22 bits per heavy atom. The van der Waals surface area contributed by atoms with Crippen LogP contribution >= 0.6 is 0 Å². The van der Waals surface area contributed by atoms with Gasteiger partial charge in [-0.2, -0.15) is 0 Å². The van der Waals surface area contributed by atoms with Gasteiger partial charge in [-0.1, -0.05) is 13.0 Å². The first-order chi connectivity index (χ1) is 8.81. The van der Waals surface area contributed by atoms with E-state index in [1.165, 1.54) is 11.3 Å². The summed E-state index contributed by atoms with van der Waals surface area (Å²) in [6.07, 6.45) is 8.66. The second-order valence-electron chi connectivity index (χ2n) is 4.47.